The fourth-order valence-corrected chi connectivity index (χ4v) is 3.60. The second-order valence-corrected chi connectivity index (χ2v) is 7.32. The number of carbonyl (C=O) groups excluding carboxylic acids is 1. The molecule has 7 heteroatoms. The lowest BCUT2D eigenvalue weighted by Crippen LogP contribution is -2.17. The lowest BCUT2D eigenvalue weighted by Gasteiger charge is -2.11. The summed E-state index contributed by atoms with van der Waals surface area (Å²) < 4.78 is 5.39. The van der Waals surface area contributed by atoms with E-state index in [2.05, 4.69) is 15.5 Å². The Hall–Kier alpha value is -3.19. The van der Waals surface area contributed by atoms with Crippen molar-refractivity contribution >= 4 is 29.1 Å². The van der Waals surface area contributed by atoms with Gasteiger partial charge in [-0.15, -0.1) is 11.3 Å². The van der Waals surface area contributed by atoms with Crippen molar-refractivity contribution in [1.29, 1.82) is 0 Å². The van der Waals surface area contributed by atoms with Crippen molar-refractivity contribution in [2.24, 2.45) is 5.10 Å². The van der Waals surface area contributed by atoms with Gasteiger partial charge in [0.05, 0.1) is 24.6 Å². The SMILES string of the molecule is COc1ccccc1-c1nc(C)c(C(=O)NN=Cc2ccc(N(C)C)cc2)s1. The number of methoxy groups -OCH3 is 1. The van der Waals surface area contributed by atoms with Gasteiger partial charge in [0.2, 0.25) is 0 Å². The topological polar surface area (TPSA) is 66.8 Å². The number of aryl methyl sites for hydroxylation is 1. The molecular formula is C21H22N4O2S. The van der Waals surface area contributed by atoms with E-state index in [-0.39, 0.29) is 5.91 Å². The number of nitrogens with one attached hydrogen (secondary N) is 1. The average molecular weight is 395 g/mol. The molecule has 0 saturated heterocycles. The van der Waals surface area contributed by atoms with Gasteiger partial charge in [0.1, 0.15) is 15.6 Å². The van der Waals surface area contributed by atoms with Gasteiger partial charge in [0, 0.05) is 19.8 Å². The van der Waals surface area contributed by atoms with Crippen molar-refractivity contribution in [3.8, 4) is 16.3 Å². The van der Waals surface area contributed by atoms with Gasteiger partial charge in [0.15, 0.2) is 0 Å². The predicted octanol–water partition coefficient (Wildman–Crippen LogP) is 3.96. The first-order chi connectivity index (χ1) is 13.5. The third-order valence-electron chi connectivity index (χ3n) is 4.13. The number of rotatable bonds is 6. The number of nitrogens with zero attached hydrogens (tertiary/aromatic N) is 3. The maximum absolute atomic E-state index is 12.5. The molecule has 0 atom stereocenters. The van der Waals surface area contributed by atoms with Crippen molar-refractivity contribution in [2.45, 2.75) is 6.92 Å². The lowest BCUT2D eigenvalue weighted by molar-refractivity contribution is 0.0958. The van der Waals surface area contributed by atoms with Crippen molar-refractivity contribution in [1.82, 2.24) is 10.4 Å². The monoisotopic (exact) mass is 394 g/mol. The Labute approximate surface area is 168 Å². The molecule has 1 N–H and O–H groups in total. The molecular weight excluding hydrogens is 372 g/mol. The Morgan fingerprint density at radius 2 is 1.89 bits per heavy atom. The molecule has 0 bridgehead atoms. The van der Waals surface area contributed by atoms with Gasteiger partial charge < -0.3 is 9.64 Å². The number of hydrogen-bond acceptors (Lipinski definition) is 6. The van der Waals surface area contributed by atoms with Crippen LogP contribution in [0.5, 0.6) is 5.75 Å². The molecule has 0 radical (unpaired) electrons. The minimum Gasteiger partial charge on any atom is -0.496 e. The van der Waals surface area contributed by atoms with Crippen LogP contribution in [0.4, 0.5) is 5.69 Å². The number of carbonyl (C=O) groups is 1. The summed E-state index contributed by atoms with van der Waals surface area (Å²) in [6.45, 7) is 1.81. The number of hydrazone groups is 1. The van der Waals surface area contributed by atoms with Crippen LogP contribution in [0.3, 0.4) is 0 Å². The Bertz CT molecular complexity index is 994. The van der Waals surface area contributed by atoms with Gasteiger partial charge in [-0.3, -0.25) is 4.79 Å². The largest absolute Gasteiger partial charge is 0.496 e. The summed E-state index contributed by atoms with van der Waals surface area (Å²) in [7, 11) is 5.59. The summed E-state index contributed by atoms with van der Waals surface area (Å²) in [5.74, 6) is 0.444. The Morgan fingerprint density at radius 3 is 2.57 bits per heavy atom. The molecule has 1 heterocycles. The zero-order valence-corrected chi connectivity index (χ0v) is 17.1. The van der Waals surface area contributed by atoms with Crippen LogP contribution in [0.25, 0.3) is 10.6 Å². The predicted molar refractivity (Wildman–Crippen MR) is 115 cm³/mol. The molecule has 3 aromatic rings. The highest BCUT2D eigenvalue weighted by Gasteiger charge is 2.17. The van der Waals surface area contributed by atoms with Gasteiger partial charge in [-0.05, 0) is 36.8 Å². The van der Waals surface area contributed by atoms with Crippen LogP contribution in [-0.2, 0) is 0 Å². The normalized spacial score (nSPS) is 10.9. The van der Waals surface area contributed by atoms with Crippen LogP contribution in [0, 0.1) is 6.92 Å². The molecule has 0 saturated carbocycles. The fourth-order valence-electron chi connectivity index (χ4n) is 2.62. The second kappa shape index (κ2) is 8.67. The molecule has 1 amide bonds. The van der Waals surface area contributed by atoms with Crippen molar-refractivity contribution in [3.63, 3.8) is 0 Å². The number of anilines is 1. The van der Waals surface area contributed by atoms with Crippen molar-refractivity contribution < 1.29 is 9.53 Å². The van der Waals surface area contributed by atoms with E-state index in [4.69, 9.17) is 4.74 Å². The van der Waals surface area contributed by atoms with E-state index in [0.29, 0.717) is 10.6 Å². The minimum atomic E-state index is -0.280. The summed E-state index contributed by atoms with van der Waals surface area (Å²) in [6.07, 6.45) is 1.62. The average Bonchev–Trinajstić information content (AvgIpc) is 3.10. The van der Waals surface area contributed by atoms with Gasteiger partial charge in [-0.2, -0.15) is 5.10 Å². The van der Waals surface area contributed by atoms with E-state index in [0.717, 1.165) is 27.6 Å². The Kier molecular flexibility index (Phi) is 6.06. The molecule has 6 nitrogen and oxygen atoms in total. The van der Waals surface area contributed by atoms with E-state index < -0.39 is 0 Å². The van der Waals surface area contributed by atoms with Crippen LogP contribution >= 0.6 is 11.3 Å². The molecule has 0 aliphatic heterocycles. The van der Waals surface area contributed by atoms with E-state index in [1.165, 1.54) is 11.3 Å². The minimum absolute atomic E-state index is 0.280. The maximum Gasteiger partial charge on any atom is 0.283 e. The van der Waals surface area contributed by atoms with Gasteiger partial charge >= 0.3 is 0 Å². The second-order valence-electron chi connectivity index (χ2n) is 6.32. The highest BCUT2D eigenvalue weighted by Crippen LogP contribution is 2.34. The van der Waals surface area contributed by atoms with Crippen LogP contribution in [-0.4, -0.2) is 38.3 Å². The standard InChI is InChI=1S/C21H22N4O2S/c1-14-19(28-21(23-14)17-7-5-6-8-18(17)27-4)20(26)24-22-13-15-9-11-16(12-10-15)25(2)3/h5-13H,1-4H3,(H,24,26). The van der Waals surface area contributed by atoms with Crippen LogP contribution in [0.15, 0.2) is 53.6 Å². The number of hydrogen-bond donors (Lipinski definition) is 1. The number of aromatic nitrogens is 1. The lowest BCUT2D eigenvalue weighted by atomic mass is 10.2. The molecule has 1 aromatic heterocycles. The fraction of sp³-hybridized carbons (Fsp3) is 0.190. The summed E-state index contributed by atoms with van der Waals surface area (Å²) in [6, 6.07) is 15.5. The molecule has 3 rings (SSSR count). The summed E-state index contributed by atoms with van der Waals surface area (Å²) in [5.41, 5.74) is 6.11. The maximum atomic E-state index is 12.5. The molecule has 28 heavy (non-hydrogen) atoms. The van der Waals surface area contributed by atoms with E-state index >= 15 is 0 Å². The first-order valence-corrected chi connectivity index (χ1v) is 9.53. The molecule has 144 valence electrons. The molecule has 0 aliphatic carbocycles. The zero-order valence-electron chi connectivity index (χ0n) is 16.3. The van der Waals surface area contributed by atoms with Crippen molar-refractivity contribution in [3.05, 3.63) is 64.7 Å². The summed E-state index contributed by atoms with van der Waals surface area (Å²) >= 11 is 1.32. The third kappa shape index (κ3) is 4.37. The Morgan fingerprint density at radius 1 is 1.18 bits per heavy atom. The van der Waals surface area contributed by atoms with E-state index in [9.17, 15) is 4.79 Å². The van der Waals surface area contributed by atoms with Gasteiger partial charge in [-0.1, -0.05) is 24.3 Å². The highest BCUT2D eigenvalue weighted by molar-refractivity contribution is 7.17. The molecule has 0 spiro atoms. The van der Waals surface area contributed by atoms with Crippen LogP contribution < -0.4 is 15.1 Å². The van der Waals surface area contributed by atoms with E-state index in [1.54, 1.807) is 13.3 Å². The number of amides is 1. The quantitative estimate of drug-likeness (QED) is 0.508. The zero-order chi connectivity index (χ0) is 20.1. The van der Waals surface area contributed by atoms with E-state index in [1.807, 2.05) is 74.4 Å². The number of ether oxygens (including phenoxy) is 1. The Balaban J connectivity index is 1.72. The molecule has 0 aliphatic rings. The molecule has 2 aromatic carbocycles. The molecule has 0 unspecified atom stereocenters. The smallest absolute Gasteiger partial charge is 0.283 e. The first-order valence-electron chi connectivity index (χ1n) is 8.71. The molecule has 0 fully saturated rings. The van der Waals surface area contributed by atoms with Gasteiger partial charge in [-0.25, -0.2) is 10.4 Å². The number of thiazole rings is 1. The highest BCUT2D eigenvalue weighted by atomic mass is 32.1. The summed E-state index contributed by atoms with van der Waals surface area (Å²) in [4.78, 5) is 19.6. The third-order valence-corrected chi connectivity index (χ3v) is 5.32. The first kappa shape index (κ1) is 19.6. The summed E-state index contributed by atoms with van der Waals surface area (Å²) in [5, 5.41) is 4.80. The van der Waals surface area contributed by atoms with Crippen molar-refractivity contribution in [2.75, 3.05) is 26.1 Å². The van der Waals surface area contributed by atoms with Crippen LogP contribution in [0.1, 0.15) is 20.9 Å². The van der Waals surface area contributed by atoms with Gasteiger partial charge in [0.25, 0.3) is 5.91 Å². The number of para-hydroxylation sites is 1. The van der Waals surface area contributed by atoms with Crippen LogP contribution in [0.2, 0.25) is 0 Å². The number of benzene rings is 2.